The first-order chi connectivity index (χ1) is 6.20. The second-order valence-corrected chi connectivity index (χ2v) is 3.32. The third-order valence-electron chi connectivity index (χ3n) is 1.71. The zero-order valence-electron chi connectivity index (χ0n) is 7.21. The minimum absolute atomic E-state index is 0.323. The van der Waals surface area contributed by atoms with Crippen molar-refractivity contribution in [2.75, 3.05) is 7.11 Å². The van der Waals surface area contributed by atoms with Crippen molar-refractivity contribution in [3.63, 3.8) is 0 Å². The monoisotopic (exact) mass is 243 g/mol. The molecule has 1 aromatic rings. The highest BCUT2D eigenvalue weighted by Crippen LogP contribution is 2.21. The predicted octanol–water partition coefficient (Wildman–Crippen LogP) is 1.69. The molecule has 1 aromatic carbocycles. The van der Waals surface area contributed by atoms with Crippen molar-refractivity contribution in [2.24, 2.45) is 5.73 Å². The quantitative estimate of drug-likeness (QED) is 0.805. The molecule has 3 nitrogen and oxygen atoms in total. The minimum Gasteiger partial charge on any atom is -0.465 e. The van der Waals surface area contributed by atoms with E-state index in [1.165, 1.54) is 7.11 Å². The first kappa shape index (κ1) is 10.2. The molecule has 0 bridgehead atoms. The number of halogens is 1. The van der Waals surface area contributed by atoms with Crippen molar-refractivity contribution in [3.8, 4) is 0 Å². The zero-order chi connectivity index (χ0) is 9.84. The Morgan fingerprint density at radius 3 is 2.85 bits per heavy atom. The number of rotatable bonds is 2. The van der Waals surface area contributed by atoms with E-state index >= 15 is 0 Å². The highest BCUT2D eigenvalue weighted by Gasteiger charge is 2.13. The number of methoxy groups -OCH3 is 1. The van der Waals surface area contributed by atoms with E-state index in [-0.39, 0.29) is 5.97 Å². The maximum atomic E-state index is 11.3. The Morgan fingerprint density at radius 1 is 1.62 bits per heavy atom. The van der Waals surface area contributed by atoms with E-state index in [4.69, 9.17) is 5.73 Å². The summed E-state index contributed by atoms with van der Waals surface area (Å²) in [6.07, 6.45) is 0. The lowest BCUT2D eigenvalue weighted by Gasteiger charge is -2.07. The van der Waals surface area contributed by atoms with Gasteiger partial charge in [0.15, 0.2) is 0 Å². The number of nitrogens with two attached hydrogens (primary N) is 1. The van der Waals surface area contributed by atoms with E-state index in [9.17, 15) is 4.79 Å². The van der Waals surface area contributed by atoms with Gasteiger partial charge in [0, 0.05) is 11.0 Å². The fourth-order valence-corrected chi connectivity index (χ4v) is 1.64. The summed E-state index contributed by atoms with van der Waals surface area (Å²) in [4.78, 5) is 11.3. The van der Waals surface area contributed by atoms with Gasteiger partial charge in [-0.2, -0.15) is 0 Å². The second-order valence-electron chi connectivity index (χ2n) is 2.47. The van der Waals surface area contributed by atoms with Crippen molar-refractivity contribution in [3.05, 3.63) is 33.8 Å². The Bertz CT molecular complexity index is 325. The molecule has 13 heavy (non-hydrogen) atoms. The number of esters is 1. The fraction of sp³-hybridized carbons (Fsp3) is 0.222. The number of hydrogen-bond acceptors (Lipinski definition) is 3. The molecule has 0 atom stereocenters. The summed E-state index contributed by atoms with van der Waals surface area (Å²) in [5, 5.41) is 0. The van der Waals surface area contributed by atoms with E-state index in [0.29, 0.717) is 16.6 Å². The van der Waals surface area contributed by atoms with Crippen LogP contribution in [0.4, 0.5) is 0 Å². The minimum atomic E-state index is -0.368. The molecule has 2 N–H and O–H groups in total. The summed E-state index contributed by atoms with van der Waals surface area (Å²) in [6.45, 7) is 0.323. The van der Waals surface area contributed by atoms with Gasteiger partial charge in [0.25, 0.3) is 0 Å². The average molecular weight is 244 g/mol. The van der Waals surface area contributed by atoms with Gasteiger partial charge in [-0.1, -0.05) is 12.1 Å². The van der Waals surface area contributed by atoms with Gasteiger partial charge in [0.1, 0.15) is 0 Å². The van der Waals surface area contributed by atoms with Crippen LogP contribution in [0.2, 0.25) is 0 Å². The maximum Gasteiger partial charge on any atom is 0.339 e. The van der Waals surface area contributed by atoms with Crippen LogP contribution in [-0.4, -0.2) is 13.1 Å². The number of hydrogen-bond donors (Lipinski definition) is 1. The van der Waals surface area contributed by atoms with Gasteiger partial charge in [-0.3, -0.25) is 0 Å². The Kier molecular flexibility index (Phi) is 3.45. The summed E-state index contributed by atoms with van der Waals surface area (Å²) in [5.41, 5.74) is 6.77. The molecule has 0 fully saturated rings. The topological polar surface area (TPSA) is 52.3 Å². The number of carbonyl (C=O) groups excluding carboxylic acids is 1. The SMILES string of the molecule is COC(=O)c1c(Br)cccc1CN. The Balaban J connectivity index is 3.22. The lowest BCUT2D eigenvalue weighted by atomic mass is 10.1. The molecule has 0 saturated carbocycles. The molecule has 70 valence electrons. The molecule has 0 heterocycles. The second kappa shape index (κ2) is 4.39. The molecule has 4 heteroatoms. The van der Waals surface area contributed by atoms with Gasteiger partial charge in [-0.25, -0.2) is 4.79 Å². The van der Waals surface area contributed by atoms with E-state index in [2.05, 4.69) is 20.7 Å². The van der Waals surface area contributed by atoms with Crippen LogP contribution in [0, 0.1) is 0 Å². The Labute approximate surface area is 85.0 Å². The molecule has 0 radical (unpaired) electrons. The van der Waals surface area contributed by atoms with Gasteiger partial charge in [0.2, 0.25) is 0 Å². The third-order valence-corrected chi connectivity index (χ3v) is 2.37. The number of benzene rings is 1. The largest absolute Gasteiger partial charge is 0.465 e. The first-order valence-electron chi connectivity index (χ1n) is 3.76. The summed E-state index contributed by atoms with van der Waals surface area (Å²) >= 11 is 3.27. The first-order valence-corrected chi connectivity index (χ1v) is 4.55. The van der Waals surface area contributed by atoms with Crippen LogP contribution in [0.5, 0.6) is 0 Å². The molecule has 0 saturated heterocycles. The Hall–Kier alpha value is -0.870. The van der Waals surface area contributed by atoms with Crippen molar-refractivity contribution in [1.29, 1.82) is 0 Å². The van der Waals surface area contributed by atoms with Crippen LogP contribution in [0.3, 0.4) is 0 Å². The summed E-state index contributed by atoms with van der Waals surface area (Å²) in [7, 11) is 1.35. The van der Waals surface area contributed by atoms with E-state index in [0.717, 1.165) is 5.56 Å². The molecule has 0 aliphatic carbocycles. The molecule has 0 unspecified atom stereocenters. The summed E-state index contributed by atoms with van der Waals surface area (Å²) < 4.78 is 5.35. The van der Waals surface area contributed by atoms with Crippen LogP contribution in [0.1, 0.15) is 15.9 Å². The van der Waals surface area contributed by atoms with E-state index in [1.54, 1.807) is 12.1 Å². The lowest BCUT2D eigenvalue weighted by Crippen LogP contribution is -2.09. The maximum absolute atomic E-state index is 11.3. The molecule has 0 aliphatic rings. The number of carbonyl (C=O) groups is 1. The highest BCUT2D eigenvalue weighted by molar-refractivity contribution is 9.10. The molecule has 1 rings (SSSR count). The zero-order valence-corrected chi connectivity index (χ0v) is 8.80. The average Bonchev–Trinajstić information content (AvgIpc) is 2.16. The molecular formula is C9H10BrNO2. The van der Waals surface area contributed by atoms with Gasteiger partial charge in [-0.05, 0) is 27.6 Å². The molecular weight excluding hydrogens is 234 g/mol. The van der Waals surface area contributed by atoms with Gasteiger partial charge in [-0.15, -0.1) is 0 Å². The van der Waals surface area contributed by atoms with Crippen molar-refractivity contribution in [1.82, 2.24) is 0 Å². The predicted molar refractivity (Wildman–Crippen MR) is 53.4 cm³/mol. The van der Waals surface area contributed by atoms with Crippen LogP contribution < -0.4 is 5.73 Å². The molecule has 0 aliphatic heterocycles. The summed E-state index contributed by atoms with van der Waals surface area (Å²) in [6, 6.07) is 5.42. The van der Waals surface area contributed by atoms with Crippen molar-refractivity contribution < 1.29 is 9.53 Å². The molecule has 0 aromatic heterocycles. The van der Waals surface area contributed by atoms with Gasteiger partial charge in [0.05, 0.1) is 12.7 Å². The third kappa shape index (κ3) is 2.08. The van der Waals surface area contributed by atoms with Gasteiger partial charge >= 0.3 is 5.97 Å². The van der Waals surface area contributed by atoms with E-state index in [1.807, 2.05) is 6.07 Å². The lowest BCUT2D eigenvalue weighted by molar-refractivity contribution is 0.0598. The normalized spacial score (nSPS) is 9.77. The highest BCUT2D eigenvalue weighted by atomic mass is 79.9. The van der Waals surface area contributed by atoms with Crippen LogP contribution in [-0.2, 0) is 11.3 Å². The molecule has 0 spiro atoms. The Morgan fingerprint density at radius 2 is 2.31 bits per heavy atom. The number of ether oxygens (including phenoxy) is 1. The van der Waals surface area contributed by atoms with Gasteiger partial charge < -0.3 is 10.5 Å². The fourth-order valence-electron chi connectivity index (χ4n) is 1.07. The van der Waals surface area contributed by atoms with Crippen LogP contribution >= 0.6 is 15.9 Å². The standard InChI is InChI=1S/C9H10BrNO2/c1-13-9(12)8-6(5-11)3-2-4-7(8)10/h2-4H,5,11H2,1H3. The van der Waals surface area contributed by atoms with Crippen LogP contribution in [0.15, 0.2) is 22.7 Å². The van der Waals surface area contributed by atoms with Crippen molar-refractivity contribution in [2.45, 2.75) is 6.54 Å². The van der Waals surface area contributed by atoms with Crippen LogP contribution in [0.25, 0.3) is 0 Å². The summed E-state index contributed by atoms with van der Waals surface area (Å²) in [5.74, 6) is -0.368. The molecule has 0 amide bonds. The smallest absolute Gasteiger partial charge is 0.339 e. The van der Waals surface area contributed by atoms with Crippen molar-refractivity contribution >= 4 is 21.9 Å². The van der Waals surface area contributed by atoms with E-state index < -0.39 is 0 Å².